The van der Waals surface area contributed by atoms with Crippen molar-refractivity contribution >= 4 is 11.8 Å². The van der Waals surface area contributed by atoms with E-state index in [4.69, 9.17) is 10.5 Å². The fraction of sp³-hybridized carbons (Fsp3) is 0.529. The fourth-order valence-electron chi connectivity index (χ4n) is 2.78. The van der Waals surface area contributed by atoms with Gasteiger partial charge in [0.1, 0.15) is 5.75 Å². The van der Waals surface area contributed by atoms with Crippen LogP contribution in [-0.4, -0.2) is 31.5 Å². The van der Waals surface area contributed by atoms with Crippen molar-refractivity contribution in [2.24, 2.45) is 11.7 Å². The highest BCUT2D eigenvalue weighted by Gasteiger charge is 2.25. The monoisotopic (exact) mass is 319 g/mol. The number of hydrogen-bond acceptors (Lipinski definition) is 4. The molecule has 0 radical (unpaired) electrons. The Morgan fingerprint density at radius 2 is 1.96 bits per heavy atom. The van der Waals surface area contributed by atoms with Crippen LogP contribution in [0.2, 0.25) is 0 Å². The lowest BCUT2D eigenvalue weighted by molar-refractivity contribution is -0.129. The van der Waals surface area contributed by atoms with E-state index in [1.54, 1.807) is 7.11 Å². The number of methoxy groups -OCH3 is 1. The molecule has 2 atom stereocenters. The second-order valence-corrected chi connectivity index (χ2v) is 5.97. The van der Waals surface area contributed by atoms with Crippen molar-refractivity contribution in [1.82, 2.24) is 10.6 Å². The van der Waals surface area contributed by atoms with Gasteiger partial charge in [0.15, 0.2) is 0 Å². The van der Waals surface area contributed by atoms with Crippen LogP contribution in [-0.2, 0) is 16.1 Å². The lowest BCUT2D eigenvalue weighted by Crippen LogP contribution is -2.42. The van der Waals surface area contributed by atoms with E-state index in [2.05, 4.69) is 10.6 Å². The maximum atomic E-state index is 12.0. The molecule has 1 aliphatic carbocycles. The molecule has 126 valence electrons. The molecular formula is C17H25N3O3. The Bertz CT molecular complexity index is 530. The van der Waals surface area contributed by atoms with Crippen LogP contribution in [0.25, 0.3) is 0 Å². The second kappa shape index (κ2) is 8.53. The summed E-state index contributed by atoms with van der Waals surface area (Å²) in [7, 11) is 1.61. The number of nitrogens with two attached hydrogens (primary N) is 1. The first-order valence-electron chi connectivity index (χ1n) is 8.01. The van der Waals surface area contributed by atoms with Gasteiger partial charge in [-0.05, 0) is 37.0 Å². The maximum Gasteiger partial charge on any atom is 0.239 e. The topological polar surface area (TPSA) is 93.5 Å². The van der Waals surface area contributed by atoms with Gasteiger partial charge in [-0.3, -0.25) is 9.59 Å². The molecule has 0 aromatic heterocycles. The second-order valence-electron chi connectivity index (χ2n) is 5.97. The number of amides is 2. The van der Waals surface area contributed by atoms with Gasteiger partial charge >= 0.3 is 0 Å². The molecular weight excluding hydrogens is 294 g/mol. The Hall–Kier alpha value is -2.08. The minimum absolute atomic E-state index is 0.000720. The predicted molar refractivity (Wildman–Crippen MR) is 87.8 cm³/mol. The summed E-state index contributed by atoms with van der Waals surface area (Å²) in [6, 6.07) is 7.57. The van der Waals surface area contributed by atoms with Crippen LogP contribution in [0, 0.1) is 5.92 Å². The highest BCUT2D eigenvalue weighted by atomic mass is 16.5. The SMILES string of the molecule is COc1ccc(CNC(=O)CNC(=O)C2CCCC(N)C2)cc1. The lowest BCUT2D eigenvalue weighted by Gasteiger charge is -2.25. The Labute approximate surface area is 136 Å². The molecule has 0 saturated heterocycles. The van der Waals surface area contributed by atoms with Gasteiger partial charge in [-0.15, -0.1) is 0 Å². The molecule has 1 fully saturated rings. The Balaban J connectivity index is 1.68. The standard InChI is InChI=1S/C17H25N3O3/c1-23-15-7-5-12(6-8-15)10-19-16(21)11-20-17(22)13-3-2-4-14(18)9-13/h5-8,13-14H,2-4,9-11,18H2,1H3,(H,19,21)(H,20,22). The van der Waals surface area contributed by atoms with Crippen molar-refractivity contribution < 1.29 is 14.3 Å². The van der Waals surface area contributed by atoms with E-state index < -0.39 is 0 Å². The van der Waals surface area contributed by atoms with E-state index in [1.165, 1.54) is 0 Å². The van der Waals surface area contributed by atoms with Crippen molar-refractivity contribution in [3.63, 3.8) is 0 Å². The summed E-state index contributed by atoms with van der Waals surface area (Å²) in [4.78, 5) is 23.8. The van der Waals surface area contributed by atoms with Crippen molar-refractivity contribution in [2.75, 3.05) is 13.7 Å². The van der Waals surface area contributed by atoms with Gasteiger partial charge in [-0.25, -0.2) is 0 Å². The first-order valence-corrected chi connectivity index (χ1v) is 8.01. The quantitative estimate of drug-likeness (QED) is 0.727. The van der Waals surface area contributed by atoms with Gasteiger partial charge in [0.25, 0.3) is 0 Å². The van der Waals surface area contributed by atoms with Gasteiger partial charge in [0.05, 0.1) is 13.7 Å². The average molecular weight is 319 g/mol. The largest absolute Gasteiger partial charge is 0.497 e. The molecule has 1 aromatic rings. The Morgan fingerprint density at radius 3 is 2.61 bits per heavy atom. The number of nitrogens with one attached hydrogen (secondary N) is 2. The van der Waals surface area contributed by atoms with E-state index in [9.17, 15) is 9.59 Å². The van der Waals surface area contributed by atoms with Crippen LogP contribution in [0.3, 0.4) is 0 Å². The van der Waals surface area contributed by atoms with E-state index >= 15 is 0 Å². The summed E-state index contributed by atoms with van der Waals surface area (Å²) in [5.74, 6) is 0.445. The summed E-state index contributed by atoms with van der Waals surface area (Å²) in [6.45, 7) is 0.424. The number of hydrogen-bond donors (Lipinski definition) is 3. The smallest absolute Gasteiger partial charge is 0.239 e. The molecule has 0 aliphatic heterocycles. The van der Waals surface area contributed by atoms with Crippen LogP contribution < -0.4 is 21.1 Å². The zero-order valence-electron chi connectivity index (χ0n) is 13.5. The number of benzene rings is 1. The van der Waals surface area contributed by atoms with Gasteiger partial charge in [0, 0.05) is 18.5 Å². The summed E-state index contributed by atoms with van der Waals surface area (Å²) in [5, 5.41) is 5.49. The maximum absolute atomic E-state index is 12.0. The minimum atomic E-state index is -0.200. The molecule has 1 saturated carbocycles. The molecule has 1 aromatic carbocycles. The van der Waals surface area contributed by atoms with Gasteiger partial charge in [-0.2, -0.15) is 0 Å². The van der Waals surface area contributed by atoms with Crippen molar-refractivity contribution in [3.05, 3.63) is 29.8 Å². The van der Waals surface area contributed by atoms with Crippen LogP contribution in [0.4, 0.5) is 0 Å². The molecule has 4 N–H and O–H groups in total. The average Bonchev–Trinajstić information content (AvgIpc) is 2.58. The van der Waals surface area contributed by atoms with Gasteiger partial charge in [0.2, 0.25) is 11.8 Å². The first kappa shape index (κ1) is 17.3. The number of ether oxygens (including phenoxy) is 1. The number of carbonyl (C=O) groups is 2. The third-order valence-corrected chi connectivity index (χ3v) is 4.16. The molecule has 0 bridgehead atoms. The summed E-state index contributed by atoms with van der Waals surface area (Å²) < 4.78 is 5.08. The molecule has 2 rings (SSSR count). The van der Waals surface area contributed by atoms with E-state index in [0.29, 0.717) is 13.0 Å². The van der Waals surface area contributed by atoms with Gasteiger partial charge in [-0.1, -0.05) is 18.6 Å². The molecule has 2 unspecified atom stereocenters. The highest BCUT2D eigenvalue weighted by Crippen LogP contribution is 2.22. The molecule has 2 amide bonds. The zero-order valence-corrected chi connectivity index (χ0v) is 13.5. The van der Waals surface area contributed by atoms with E-state index in [-0.39, 0.29) is 30.3 Å². The molecule has 0 spiro atoms. The Morgan fingerprint density at radius 1 is 1.22 bits per heavy atom. The number of rotatable bonds is 6. The first-order chi connectivity index (χ1) is 11.1. The van der Waals surface area contributed by atoms with Crippen LogP contribution in [0.1, 0.15) is 31.2 Å². The minimum Gasteiger partial charge on any atom is -0.497 e. The van der Waals surface area contributed by atoms with Crippen LogP contribution in [0.15, 0.2) is 24.3 Å². The summed E-state index contributed by atoms with van der Waals surface area (Å²) in [6.07, 6.45) is 3.52. The highest BCUT2D eigenvalue weighted by molar-refractivity contribution is 5.85. The van der Waals surface area contributed by atoms with Crippen molar-refractivity contribution in [1.29, 1.82) is 0 Å². The van der Waals surface area contributed by atoms with Crippen molar-refractivity contribution in [3.8, 4) is 5.75 Å². The van der Waals surface area contributed by atoms with Crippen molar-refractivity contribution in [2.45, 2.75) is 38.3 Å². The fourth-order valence-corrected chi connectivity index (χ4v) is 2.78. The Kier molecular flexibility index (Phi) is 6.40. The molecule has 1 aliphatic rings. The molecule has 23 heavy (non-hydrogen) atoms. The lowest BCUT2D eigenvalue weighted by atomic mass is 9.85. The molecule has 0 heterocycles. The van der Waals surface area contributed by atoms with Crippen LogP contribution >= 0.6 is 0 Å². The third-order valence-electron chi connectivity index (χ3n) is 4.16. The predicted octanol–water partition coefficient (Wildman–Crippen LogP) is 0.945. The van der Waals surface area contributed by atoms with E-state index in [0.717, 1.165) is 30.6 Å². The summed E-state index contributed by atoms with van der Waals surface area (Å²) in [5.41, 5.74) is 6.86. The zero-order chi connectivity index (χ0) is 16.7. The van der Waals surface area contributed by atoms with Crippen LogP contribution in [0.5, 0.6) is 5.75 Å². The molecule has 6 nitrogen and oxygen atoms in total. The van der Waals surface area contributed by atoms with E-state index in [1.807, 2.05) is 24.3 Å². The number of carbonyl (C=O) groups excluding carboxylic acids is 2. The molecule has 6 heteroatoms. The summed E-state index contributed by atoms with van der Waals surface area (Å²) >= 11 is 0. The normalized spacial score (nSPS) is 20.6. The van der Waals surface area contributed by atoms with Gasteiger partial charge < -0.3 is 21.1 Å². The third kappa shape index (κ3) is 5.56.